The van der Waals surface area contributed by atoms with Gasteiger partial charge in [0, 0.05) is 33.5 Å². The minimum absolute atomic E-state index is 0.412. The minimum Gasteiger partial charge on any atom is -0.282 e. The van der Waals surface area contributed by atoms with Crippen LogP contribution in [0.25, 0.3) is 39.4 Å². The van der Waals surface area contributed by atoms with E-state index in [9.17, 15) is 4.48 Å². The topological polar surface area (TPSA) is 59.4 Å². The maximum absolute atomic E-state index is 13.7. The SMILES string of the molecule is C=Cc1n[nH]c(C)c1-c1c(C)nc(-c2ccc3c(cnn3F)c2)c2c1CCCC2. The first-order chi connectivity index (χ1) is 14.1. The Morgan fingerprint density at radius 3 is 2.72 bits per heavy atom. The molecule has 5 nitrogen and oxygen atoms in total. The Morgan fingerprint density at radius 2 is 1.93 bits per heavy atom. The molecule has 1 aliphatic carbocycles. The van der Waals surface area contributed by atoms with Crippen LogP contribution in [0.1, 0.15) is 41.1 Å². The van der Waals surface area contributed by atoms with Gasteiger partial charge >= 0.3 is 0 Å². The zero-order valence-electron chi connectivity index (χ0n) is 16.6. The van der Waals surface area contributed by atoms with Crippen molar-refractivity contribution in [2.24, 2.45) is 0 Å². The number of aromatic nitrogens is 5. The molecule has 0 saturated carbocycles. The van der Waals surface area contributed by atoms with Gasteiger partial charge in [-0.25, -0.2) is 0 Å². The van der Waals surface area contributed by atoms with E-state index in [1.54, 1.807) is 18.3 Å². The van der Waals surface area contributed by atoms with Crippen molar-refractivity contribution < 1.29 is 4.48 Å². The number of pyridine rings is 1. The van der Waals surface area contributed by atoms with Crippen LogP contribution in [0.3, 0.4) is 0 Å². The number of nitrogens with zero attached hydrogens (tertiary/aromatic N) is 4. The highest BCUT2D eigenvalue weighted by Gasteiger charge is 2.25. The number of H-pyrrole nitrogens is 1. The molecular formula is C23H22FN5. The van der Waals surface area contributed by atoms with Crippen LogP contribution in [-0.2, 0) is 12.8 Å². The number of halogens is 1. The monoisotopic (exact) mass is 387 g/mol. The molecule has 0 atom stereocenters. The Hall–Kier alpha value is -3.28. The van der Waals surface area contributed by atoms with Crippen LogP contribution in [0.2, 0.25) is 0 Å². The lowest BCUT2D eigenvalue weighted by atomic mass is 9.82. The van der Waals surface area contributed by atoms with E-state index in [1.165, 1.54) is 16.7 Å². The molecule has 1 N–H and O–H groups in total. The Balaban J connectivity index is 1.77. The van der Waals surface area contributed by atoms with Crippen molar-refractivity contribution in [2.75, 3.05) is 0 Å². The maximum Gasteiger partial charge on any atom is 0.104 e. The van der Waals surface area contributed by atoms with Gasteiger partial charge in [0.25, 0.3) is 0 Å². The van der Waals surface area contributed by atoms with Crippen LogP contribution in [0.5, 0.6) is 0 Å². The molecule has 0 unspecified atom stereocenters. The summed E-state index contributed by atoms with van der Waals surface area (Å²) >= 11 is 0. The molecule has 3 heterocycles. The predicted octanol–water partition coefficient (Wildman–Crippen LogP) is 5.36. The maximum atomic E-state index is 13.7. The molecule has 1 aliphatic rings. The van der Waals surface area contributed by atoms with E-state index < -0.39 is 0 Å². The molecule has 0 fully saturated rings. The average molecular weight is 387 g/mol. The van der Waals surface area contributed by atoms with Crippen molar-refractivity contribution >= 4 is 17.0 Å². The summed E-state index contributed by atoms with van der Waals surface area (Å²) in [5, 5.41) is 12.0. The standard InChI is InChI=1S/C23H22FN5/c1-4-19-22(14(3)27-28-19)21-13(2)26-23(18-8-6-5-7-17(18)21)15-9-10-20-16(11-15)12-25-29(20)24/h4,9-12H,1,5-8H2,2-3H3,(H,27,28). The van der Waals surface area contributed by atoms with Gasteiger partial charge in [-0.3, -0.25) is 10.1 Å². The summed E-state index contributed by atoms with van der Waals surface area (Å²) in [5.41, 5.74) is 10.3. The molecule has 1 aromatic carbocycles. The summed E-state index contributed by atoms with van der Waals surface area (Å²) in [7, 11) is 0. The van der Waals surface area contributed by atoms with Gasteiger partial charge < -0.3 is 0 Å². The Kier molecular flexibility index (Phi) is 4.08. The van der Waals surface area contributed by atoms with E-state index in [-0.39, 0.29) is 0 Å². The zero-order valence-corrected chi connectivity index (χ0v) is 16.6. The fourth-order valence-corrected chi connectivity index (χ4v) is 4.58. The van der Waals surface area contributed by atoms with Gasteiger partial charge in [-0.15, -0.1) is 5.10 Å². The summed E-state index contributed by atoms with van der Waals surface area (Å²) in [5.74, 6) is 0. The smallest absolute Gasteiger partial charge is 0.104 e. The molecule has 3 aromatic heterocycles. The van der Waals surface area contributed by atoms with Crippen molar-refractivity contribution in [3.63, 3.8) is 0 Å². The second-order valence-corrected chi connectivity index (χ2v) is 7.68. The van der Waals surface area contributed by atoms with Crippen LogP contribution in [0, 0.1) is 13.8 Å². The zero-order chi connectivity index (χ0) is 20.1. The number of aryl methyl sites for hydroxylation is 2. The van der Waals surface area contributed by atoms with Gasteiger partial charge in [-0.1, -0.05) is 22.0 Å². The van der Waals surface area contributed by atoms with Crippen LogP contribution in [0.4, 0.5) is 4.48 Å². The molecule has 146 valence electrons. The van der Waals surface area contributed by atoms with Gasteiger partial charge in [0.15, 0.2) is 0 Å². The minimum atomic E-state index is 0.412. The lowest BCUT2D eigenvalue weighted by molar-refractivity contribution is 0.332. The van der Waals surface area contributed by atoms with Crippen molar-refractivity contribution in [3.8, 4) is 22.4 Å². The predicted molar refractivity (Wildman–Crippen MR) is 113 cm³/mol. The van der Waals surface area contributed by atoms with Crippen molar-refractivity contribution in [2.45, 2.75) is 39.5 Å². The summed E-state index contributed by atoms with van der Waals surface area (Å²) < 4.78 is 13.7. The number of aromatic amines is 1. The first kappa shape index (κ1) is 17.8. The van der Waals surface area contributed by atoms with Gasteiger partial charge in [-0.05, 0) is 68.9 Å². The molecule has 0 saturated heterocycles. The number of hydrogen-bond acceptors (Lipinski definition) is 3. The van der Waals surface area contributed by atoms with Gasteiger partial charge in [0.2, 0.25) is 0 Å². The summed E-state index contributed by atoms with van der Waals surface area (Å²) in [4.78, 5) is 5.46. The van der Waals surface area contributed by atoms with Crippen molar-refractivity contribution in [3.05, 3.63) is 59.2 Å². The van der Waals surface area contributed by atoms with E-state index in [2.05, 4.69) is 28.8 Å². The van der Waals surface area contributed by atoms with Gasteiger partial charge in [-0.2, -0.15) is 5.10 Å². The second-order valence-electron chi connectivity index (χ2n) is 7.68. The van der Waals surface area contributed by atoms with Crippen molar-refractivity contribution in [1.82, 2.24) is 25.2 Å². The molecule has 0 bridgehead atoms. The molecule has 29 heavy (non-hydrogen) atoms. The van der Waals surface area contributed by atoms with Gasteiger partial charge in [0.05, 0.1) is 17.6 Å². The molecule has 0 amide bonds. The number of hydrogen-bond donors (Lipinski definition) is 1. The highest BCUT2D eigenvalue weighted by Crippen LogP contribution is 2.40. The number of fused-ring (bicyclic) bond motifs is 2. The van der Waals surface area contributed by atoms with Crippen LogP contribution < -0.4 is 0 Å². The third kappa shape index (κ3) is 2.70. The van der Waals surface area contributed by atoms with Crippen LogP contribution >= 0.6 is 0 Å². The first-order valence-corrected chi connectivity index (χ1v) is 9.93. The highest BCUT2D eigenvalue weighted by molar-refractivity contribution is 5.86. The highest BCUT2D eigenvalue weighted by atomic mass is 19.2. The van der Waals surface area contributed by atoms with E-state index in [4.69, 9.17) is 4.98 Å². The van der Waals surface area contributed by atoms with Crippen LogP contribution in [-0.4, -0.2) is 25.2 Å². The Morgan fingerprint density at radius 1 is 1.14 bits per heavy atom. The summed E-state index contributed by atoms with van der Waals surface area (Å²) in [6, 6.07) is 5.69. The van der Waals surface area contributed by atoms with E-state index in [0.29, 0.717) is 10.4 Å². The number of rotatable bonds is 3. The third-order valence-corrected chi connectivity index (χ3v) is 5.91. The normalized spacial score (nSPS) is 13.6. The molecule has 0 aliphatic heterocycles. The Labute approximate surface area is 168 Å². The molecular weight excluding hydrogens is 365 g/mol. The van der Waals surface area contributed by atoms with E-state index in [1.807, 2.05) is 19.1 Å². The molecule has 5 rings (SSSR count). The van der Waals surface area contributed by atoms with Gasteiger partial charge in [0.1, 0.15) is 5.52 Å². The largest absolute Gasteiger partial charge is 0.282 e. The number of benzene rings is 1. The molecule has 6 heteroatoms. The summed E-state index contributed by atoms with van der Waals surface area (Å²) in [6.07, 6.45) is 7.67. The fraction of sp³-hybridized carbons (Fsp3) is 0.261. The third-order valence-electron chi connectivity index (χ3n) is 5.91. The first-order valence-electron chi connectivity index (χ1n) is 9.93. The lowest BCUT2D eigenvalue weighted by Gasteiger charge is -2.24. The summed E-state index contributed by atoms with van der Waals surface area (Å²) in [6.45, 7) is 8.03. The lowest BCUT2D eigenvalue weighted by Crippen LogP contribution is -2.11. The van der Waals surface area contributed by atoms with E-state index in [0.717, 1.165) is 65.0 Å². The van der Waals surface area contributed by atoms with E-state index >= 15 is 0 Å². The molecule has 4 aromatic rings. The second kappa shape index (κ2) is 6.65. The average Bonchev–Trinajstić information content (AvgIpc) is 3.29. The Bertz CT molecular complexity index is 1260. The molecule has 0 radical (unpaired) electrons. The van der Waals surface area contributed by atoms with Crippen LogP contribution in [0.15, 0.2) is 31.0 Å². The number of nitrogens with one attached hydrogen (secondary N) is 1. The molecule has 0 spiro atoms. The fourth-order valence-electron chi connectivity index (χ4n) is 4.58. The quantitative estimate of drug-likeness (QED) is 0.515. The van der Waals surface area contributed by atoms with Crippen molar-refractivity contribution in [1.29, 1.82) is 0 Å².